The van der Waals surface area contributed by atoms with E-state index in [0.717, 1.165) is 31.0 Å². The van der Waals surface area contributed by atoms with E-state index < -0.39 is 0 Å². The van der Waals surface area contributed by atoms with Crippen molar-refractivity contribution in [1.29, 1.82) is 0 Å². The van der Waals surface area contributed by atoms with Crippen molar-refractivity contribution in [1.82, 2.24) is 4.90 Å². The molecule has 1 rings (SSSR count). The Morgan fingerprint density at radius 2 is 1.87 bits per heavy atom. The predicted molar refractivity (Wildman–Crippen MR) is 63.9 cm³/mol. The molecule has 1 aromatic rings. The highest BCUT2D eigenvalue weighted by Crippen LogP contribution is 2.11. The highest BCUT2D eigenvalue weighted by atomic mass is 16.3. The smallest absolute Gasteiger partial charge is 0.118 e. The van der Waals surface area contributed by atoms with E-state index in [0.29, 0.717) is 0 Å². The van der Waals surface area contributed by atoms with Crippen molar-refractivity contribution in [2.24, 2.45) is 0 Å². The topological polar surface area (TPSA) is 16.4 Å². The van der Waals surface area contributed by atoms with Crippen LogP contribution in [0.5, 0.6) is 0 Å². The SMILES string of the molecule is CCCCN(CC)Cc1ccc(CC)o1. The lowest BCUT2D eigenvalue weighted by Crippen LogP contribution is -2.23. The third-order valence-corrected chi connectivity index (χ3v) is 2.72. The van der Waals surface area contributed by atoms with Crippen molar-refractivity contribution in [3.8, 4) is 0 Å². The van der Waals surface area contributed by atoms with Gasteiger partial charge in [-0.25, -0.2) is 0 Å². The van der Waals surface area contributed by atoms with Crippen LogP contribution in [0.3, 0.4) is 0 Å². The van der Waals surface area contributed by atoms with Crippen molar-refractivity contribution in [3.63, 3.8) is 0 Å². The monoisotopic (exact) mass is 209 g/mol. The van der Waals surface area contributed by atoms with Crippen LogP contribution in [0.1, 0.15) is 45.1 Å². The number of aryl methyl sites for hydroxylation is 1. The summed E-state index contributed by atoms with van der Waals surface area (Å²) in [6, 6.07) is 4.19. The Balaban J connectivity index is 2.43. The van der Waals surface area contributed by atoms with Crippen molar-refractivity contribution in [2.75, 3.05) is 13.1 Å². The van der Waals surface area contributed by atoms with Crippen molar-refractivity contribution >= 4 is 0 Å². The second kappa shape index (κ2) is 6.67. The lowest BCUT2D eigenvalue weighted by Gasteiger charge is -2.18. The minimum Gasteiger partial charge on any atom is -0.465 e. The van der Waals surface area contributed by atoms with Crippen molar-refractivity contribution < 1.29 is 4.42 Å². The average molecular weight is 209 g/mol. The summed E-state index contributed by atoms with van der Waals surface area (Å²) in [5, 5.41) is 0. The molecule has 0 spiro atoms. The Bertz CT molecular complexity index is 267. The van der Waals surface area contributed by atoms with Crippen LogP contribution in [0.15, 0.2) is 16.5 Å². The van der Waals surface area contributed by atoms with Gasteiger partial charge in [0, 0.05) is 6.42 Å². The van der Waals surface area contributed by atoms with Crippen LogP contribution in [0.25, 0.3) is 0 Å². The van der Waals surface area contributed by atoms with Crippen LogP contribution in [0.4, 0.5) is 0 Å². The van der Waals surface area contributed by atoms with Crippen LogP contribution in [-0.4, -0.2) is 18.0 Å². The van der Waals surface area contributed by atoms with E-state index in [9.17, 15) is 0 Å². The maximum Gasteiger partial charge on any atom is 0.118 e. The minimum absolute atomic E-state index is 0.955. The molecule has 0 atom stereocenters. The van der Waals surface area contributed by atoms with Gasteiger partial charge in [0.1, 0.15) is 11.5 Å². The average Bonchev–Trinajstić information content (AvgIpc) is 2.71. The first-order valence-electron chi connectivity index (χ1n) is 6.10. The molecule has 0 fully saturated rings. The number of hydrogen-bond acceptors (Lipinski definition) is 2. The maximum absolute atomic E-state index is 5.70. The van der Waals surface area contributed by atoms with Crippen LogP contribution < -0.4 is 0 Å². The van der Waals surface area contributed by atoms with E-state index in [2.05, 4.69) is 37.8 Å². The second-order valence-electron chi connectivity index (χ2n) is 3.94. The summed E-state index contributed by atoms with van der Waals surface area (Å²) in [6.07, 6.45) is 3.52. The summed E-state index contributed by atoms with van der Waals surface area (Å²) in [4.78, 5) is 2.43. The van der Waals surface area contributed by atoms with E-state index in [1.165, 1.54) is 19.4 Å². The Hall–Kier alpha value is -0.760. The molecule has 0 aliphatic rings. The van der Waals surface area contributed by atoms with Gasteiger partial charge >= 0.3 is 0 Å². The van der Waals surface area contributed by atoms with Crippen LogP contribution in [0.2, 0.25) is 0 Å². The zero-order chi connectivity index (χ0) is 11.1. The molecule has 86 valence electrons. The van der Waals surface area contributed by atoms with Gasteiger partial charge in [-0.1, -0.05) is 27.2 Å². The van der Waals surface area contributed by atoms with Crippen molar-refractivity contribution in [2.45, 2.75) is 46.6 Å². The Morgan fingerprint density at radius 1 is 1.13 bits per heavy atom. The van der Waals surface area contributed by atoms with Gasteiger partial charge in [-0.05, 0) is 31.6 Å². The molecule has 0 saturated carbocycles. The largest absolute Gasteiger partial charge is 0.465 e. The molecule has 15 heavy (non-hydrogen) atoms. The molecule has 1 aromatic heterocycles. The molecule has 0 aromatic carbocycles. The molecular weight excluding hydrogens is 186 g/mol. The number of unbranched alkanes of at least 4 members (excludes halogenated alkanes) is 1. The third kappa shape index (κ3) is 4.08. The fraction of sp³-hybridized carbons (Fsp3) is 0.692. The molecule has 0 saturated heterocycles. The van der Waals surface area contributed by atoms with E-state index in [-0.39, 0.29) is 0 Å². The van der Waals surface area contributed by atoms with Gasteiger partial charge in [-0.15, -0.1) is 0 Å². The molecule has 0 unspecified atom stereocenters. The molecule has 0 amide bonds. The summed E-state index contributed by atoms with van der Waals surface area (Å²) in [5.74, 6) is 2.20. The van der Waals surface area contributed by atoms with Gasteiger partial charge in [0.05, 0.1) is 6.54 Å². The van der Waals surface area contributed by atoms with E-state index in [1.54, 1.807) is 0 Å². The Kier molecular flexibility index (Phi) is 5.48. The summed E-state index contributed by atoms with van der Waals surface area (Å²) in [5.41, 5.74) is 0. The summed E-state index contributed by atoms with van der Waals surface area (Å²) in [7, 11) is 0. The third-order valence-electron chi connectivity index (χ3n) is 2.72. The molecule has 0 radical (unpaired) electrons. The molecular formula is C13H23NO. The molecule has 2 nitrogen and oxygen atoms in total. The van der Waals surface area contributed by atoms with Gasteiger partial charge in [-0.3, -0.25) is 4.90 Å². The van der Waals surface area contributed by atoms with Crippen LogP contribution in [0, 0.1) is 0 Å². The first kappa shape index (κ1) is 12.3. The lowest BCUT2D eigenvalue weighted by molar-refractivity contribution is 0.249. The number of hydrogen-bond donors (Lipinski definition) is 0. The fourth-order valence-corrected chi connectivity index (χ4v) is 1.65. The normalized spacial score (nSPS) is 11.2. The van der Waals surface area contributed by atoms with Crippen LogP contribution in [-0.2, 0) is 13.0 Å². The number of furan rings is 1. The zero-order valence-corrected chi connectivity index (χ0v) is 10.3. The summed E-state index contributed by atoms with van der Waals surface area (Å²) in [6.45, 7) is 9.79. The molecule has 0 aliphatic carbocycles. The maximum atomic E-state index is 5.70. The highest BCUT2D eigenvalue weighted by Gasteiger charge is 2.06. The second-order valence-corrected chi connectivity index (χ2v) is 3.94. The lowest BCUT2D eigenvalue weighted by atomic mass is 10.3. The van der Waals surface area contributed by atoms with Crippen LogP contribution >= 0.6 is 0 Å². The quantitative estimate of drug-likeness (QED) is 0.683. The van der Waals surface area contributed by atoms with Gasteiger partial charge in [-0.2, -0.15) is 0 Å². The van der Waals surface area contributed by atoms with E-state index >= 15 is 0 Å². The molecule has 1 heterocycles. The number of rotatable bonds is 7. The summed E-state index contributed by atoms with van der Waals surface area (Å²) >= 11 is 0. The highest BCUT2D eigenvalue weighted by molar-refractivity contribution is 5.06. The zero-order valence-electron chi connectivity index (χ0n) is 10.3. The Morgan fingerprint density at radius 3 is 2.40 bits per heavy atom. The fourth-order valence-electron chi connectivity index (χ4n) is 1.65. The van der Waals surface area contributed by atoms with Gasteiger partial charge in [0.2, 0.25) is 0 Å². The molecule has 2 heteroatoms. The molecule has 0 bridgehead atoms. The first-order valence-corrected chi connectivity index (χ1v) is 6.10. The van der Waals surface area contributed by atoms with Gasteiger partial charge in [0.15, 0.2) is 0 Å². The predicted octanol–water partition coefficient (Wildman–Crippen LogP) is 3.46. The molecule has 0 N–H and O–H groups in total. The number of nitrogens with zero attached hydrogens (tertiary/aromatic N) is 1. The van der Waals surface area contributed by atoms with Gasteiger partial charge in [0.25, 0.3) is 0 Å². The molecule has 0 aliphatic heterocycles. The van der Waals surface area contributed by atoms with Crippen molar-refractivity contribution in [3.05, 3.63) is 23.7 Å². The van der Waals surface area contributed by atoms with Gasteiger partial charge < -0.3 is 4.42 Å². The minimum atomic E-state index is 0.955. The standard InChI is InChI=1S/C13H23NO/c1-4-7-10-14(6-3)11-13-9-8-12(5-2)15-13/h8-9H,4-7,10-11H2,1-3H3. The van der Waals surface area contributed by atoms with E-state index in [4.69, 9.17) is 4.42 Å². The van der Waals surface area contributed by atoms with E-state index in [1.807, 2.05) is 0 Å². The summed E-state index contributed by atoms with van der Waals surface area (Å²) < 4.78 is 5.70. The Labute approximate surface area is 93.3 Å². The first-order chi connectivity index (χ1) is 7.30.